The first-order valence-corrected chi connectivity index (χ1v) is 6.48. The van der Waals surface area contributed by atoms with Crippen LogP contribution in [0.1, 0.15) is 34.1 Å². The standard InChI is InChI=1S/C16H12N2O2/c19-17-15-13-9-5-1-2-6-10(9)14(16(15)18-20)12-8-4-3-7-11(12)13/h1-8,13-14,19-20H/b17-15+,18-16+. The fourth-order valence-corrected chi connectivity index (χ4v) is 3.51. The third-order valence-electron chi connectivity index (χ3n) is 4.26. The molecule has 2 bridgehead atoms. The quantitative estimate of drug-likeness (QED) is 0.567. The van der Waals surface area contributed by atoms with Crippen LogP contribution in [0.25, 0.3) is 0 Å². The molecule has 2 N–H and O–H groups in total. The maximum Gasteiger partial charge on any atom is 0.117 e. The molecule has 0 aromatic heterocycles. The summed E-state index contributed by atoms with van der Waals surface area (Å²) in [4.78, 5) is 0. The maximum absolute atomic E-state index is 9.36. The minimum Gasteiger partial charge on any atom is -0.411 e. The molecule has 0 amide bonds. The Kier molecular flexibility index (Phi) is 2.21. The molecule has 4 heteroatoms. The van der Waals surface area contributed by atoms with Crippen molar-refractivity contribution in [2.45, 2.75) is 11.8 Å². The van der Waals surface area contributed by atoms with Crippen molar-refractivity contribution in [2.24, 2.45) is 10.3 Å². The molecule has 98 valence electrons. The smallest absolute Gasteiger partial charge is 0.117 e. The summed E-state index contributed by atoms with van der Waals surface area (Å²) in [6.07, 6.45) is 0. The van der Waals surface area contributed by atoms with Crippen LogP contribution in [-0.4, -0.2) is 21.8 Å². The molecule has 2 aromatic carbocycles. The van der Waals surface area contributed by atoms with Gasteiger partial charge in [0.15, 0.2) is 0 Å². The van der Waals surface area contributed by atoms with Crippen LogP contribution in [0, 0.1) is 0 Å². The van der Waals surface area contributed by atoms with Crippen LogP contribution in [-0.2, 0) is 0 Å². The first-order chi connectivity index (χ1) is 9.86. The van der Waals surface area contributed by atoms with Crippen molar-refractivity contribution in [3.8, 4) is 0 Å². The van der Waals surface area contributed by atoms with Gasteiger partial charge in [-0.2, -0.15) is 0 Å². The van der Waals surface area contributed by atoms with Crippen LogP contribution in [0.3, 0.4) is 0 Å². The molecule has 0 unspecified atom stereocenters. The summed E-state index contributed by atoms with van der Waals surface area (Å²) in [5.74, 6) is -0.327. The normalized spacial score (nSPS) is 26.6. The lowest BCUT2D eigenvalue weighted by Gasteiger charge is -2.40. The second kappa shape index (κ2) is 3.93. The predicted molar refractivity (Wildman–Crippen MR) is 75.0 cm³/mol. The number of fused-ring (bicyclic) bond motifs is 1. The molecule has 5 rings (SSSR count). The number of nitrogens with zero attached hydrogens (tertiary/aromatic N) is 2. The molecule has 4 nitrogen and oxygen atoms in total. The van der Waals surface area contributed by atoms with E-state index in [1.165, 1.54) is 0 Å². The van der Waals surface area contributed by atoms with Gasteiger partial charge in [-0.3, -0.25) is 0 Å². The van der Waals surface area contributed by atoms with E-state index in [1.807, 2.05) is 48.5 Å². The summed E-state index contributed by atoms with van der Waals surface area (Å²) >= 11 is 0. The molecule has 20 heavy (non-hydrogen) atoms. The Morgan fingerprint density at radius 3 is 1.15 bits per heavy atom. The van der Waals surface area contributed by atoms with Crippen LogP contribution < -0.4 is 0 Å². The van der Waals surface area contributed by atoms with Gasteiger partial charge in [-0.15, -0.1) is 0 Å². The van der Waals surface area contributed by atoms with Gasteiger partial charge in [-0.05, 0) is 22.3 Å². The SMILES string of the molecule is O/N=C1/C(=N/O)C2c3ccccc3C1c1ccccc12. The van der Waals surface area contributed by atoms with Crippen molar-refractivity contribution in [3.05, 3.63) is 70.8 Å². The van der Waals surface area contributed by atoms with E-state index in [4.69, 9.17) is 0 Å². The fourth-order valence-electron chi connectivity index (χ4n) is 3.51. The van der Waals surface area contributed by atoms with Crippen molar-refractivity contribution >= 4 is 11.4 Å². The Labute approximate surface area is 115 Å². The van der Waals surface area contributed by atoms with Crippen LogP contribution in [0.2, 0.25) is 0 Å². The fraction of sp³-hybridized carbons (Fsp3) is 0.125. The van der Waals surface area contributed by atoms with Crippen LogP contribution in [0.5, 0.6) is 0 Å². The highest BCUT2D eigenvalue weighted by Crippen LogP contribution is 2.49. The second-order valence-corrected chi connectivity index (χ2v) is 5.09. The van der Waals surface area contributed by atoms with Gasteiger partial charge in [0, 0.05) is 0 Å². The minimum absolute atomic E-state index is 0.164. The van der Waals surface area contributed by atoms with Gasteiger partial charge in [0.25, 0.3) is 0 Å². The molecule has 0 heterocycles. The third kappa shape index (κ3) is 1.20. The molecule has 0 radical (unpaired) electrons. The van der Waals surface area contributed by atoms with Gasteiger partial charge in [-0.25, -0.2) is 0 Å². The molecular formula is C16H12N2O2. The van der Waals surface area contributed by atoms with E-state index in [9.17, 15) is 10.4 Å². The largest absolute Gasteiger partial charge is 0.411 e. The molecule has 0 saturated carbocycles. The zero-order valence-electron chi connectivity index (χ0n) is 10.6. The third-order valence-corrected chi connectivity index (χ3v) is 4.26. The second-order valence-electron chi connectivity index (χ2n) is 5.09. The number of hydrogen-bond acceptors (Lipinski definition) is 4. The predicted octanol–water partition coefficient (Wildman–Crippen LogP) is 2.94. The molecule has 0 saturated heterocycles. The van der Waals surface area contributed by atoms with Gasteiger partial charge in [-0.1, -0.05) is 58.8 Å². The average molecular weight is 264 g/mol. The summed E-state index contributed by atoms with van der Waals surface area (Å²) in [5.41, 5.74) is 5.37. The van der Waals surface area contributed by atoms with Crippen LogP contribution in [0.15, 0.2) is 58.8 Å². The molecule has 3 aliphatic rings. The van der Waals surface area contributed by atoms with Crippen molar-refractivity contribution < 1.29 is 10.4 Å². The molecule has 0 spiro atoms. The van der Waals surface area contributed by atoms with Crippen molar-refractivity contribution in [2.75, 3.05) is 0 Å². The molecule has 0 atom stereocenters. The van der Waals surface area contributed by atoms with Crippen molar-refractivity contribution in [3.63, 3.8) is 0 Å². The van der Waals surface area contributed by atoms with Crippen molar-refractivity contribution in [1.82, 2.24) is 0 Å². The number of rotatable bonds is 0. The highest BCUT2D eigenvalue weighted by Gasteiger charge is 2.46. The lowest BCUT2D eigenvalue weighted by atomic mass is 9.62. The molecule has 2 aromatic rings. The van der Waals surface area contributed by atoms with Gasteiger partial charge in [0.1, 0.15) is 11.4 Å². The van der Waals surface area contributed by atoms with E-state index in [-0.39, 0.29) is 11.8 Å². The minimum atomic E-state index is -0.164. The molecule has 3 aliphatic carbocycles. The number of benzene rings is 2. The zero-order valence-corrected chi connectivity index (χ0v) is 10.6. The number of oxime groups is 2. The van der Waals surface area contributed by atoms with Gasteiger partial charge in [0.05, 0.1) is 11.8 Å². The highest BCUT2D eigenvalue weighted by atomic mass is 16.4. The van der Waals surface area contributed by atoms with Gasteiger partial charge in [0.2, 0.25) is 0 Å². The Morgan fingerprint density at radius 2 is 0.900 bits per heavy atom. The number of hydrogen-bond donors (Lipinski definition) is 2. The summed E-state index contributed by atoms with van der Waals surface area (Å²) < 4.78 is 0. The van der Waals surface area contributed by atoms with Crippen LogP contribution in [0.4, 0.5) is 0 Å². The van der Waals surface area contributed by atoms with Gasteiger partial charge < -0.3 is 10.4 Å². The monoisotopic (exact) mass is 264 g/mol. The van der Waals surface area contributed by atoms with E-state index >= 15 is 0 Å². The summed E-state index contributed by atoms with van der Waals surface area (Å²) in [7, 11) is 0. The molecule has 0 aliphatic heterocycles. The lowest BCUT2D eigenvalue weighted by Crippen LogP contribution is -2.41. The Balaban J connectivity index is 2.13. The van der Waals surface area contributed by atoms with E-state index < -0.39 is 0 Å². The zero-order chi connectivity index (χ0) is 13.7. The van der Waals surface area contributed by atoms with E-state index in [0.717, 1.165) is 22.3 Å². The average Bonchev–Trinajstić information content (AvgIpc) is 2.53. The maximum atomic E-state index is 9.36. The summed E-state index contributed by atoms with van der Waals surface area (Å²) in [6, 6.07) is 16.1. The van der Waals surface area contributed by atoms with Gasteiger partial charge >= 0.3 is 0 Å². The summed E-state index contributed by atoms with van der Waals surface area (Å²) in [6.45, 7) is 0. The first-order valence-electron chi connectivity index (χ1n) is 6.48. The Morgan fingerprint density at radius 1 is 0.600 bits per heavy atom. The van der Waals surface area contributed by atoms with E-state index in [2.05, 4.69) is 10.3 Å². The summed E-state index contributed by atoms with van der Waals surface area (Å²) in [5, 5.41) is 25.5. The Bertz CT molecular complexity index is 653. The first kappa shape index (κ1) is 11.2. The van der Waals surface area contributed by atoms with E-state index in [0.29, 0.717) is 11.4 Å². The molecule has 0 fully saturated rings. The lowest BCUT2D eigenvalue weighted by molar-refractivity contribution is 0.310. The highest BCUT2D eigenvalue weighted by molar-refractivity contribution is 6.49. The molecular weight excluding hydrogens is 252 g/mol. The Hall–Kier alpha value is -2.62. The van der Waals surface area contributed by atoms with Crippen LogP contribution >= 0.6 is 0 Å². The van der Waals surface area contributed by atoms with E-state index in [1.54, 1.807) is 0 Å². The van der Waals surface area contributed by atoms with Crippen molar-refractivity contribution in [1.29, 1.82) is 0 Å². The topological polar surface area (TPSA) is 65.2 Å².